The molecule has 18 heavy (non-hydrogen) atoms. The third-order valence-corrected chi connectivity index (χ3v) is 3.00. The lowest BCUT2D eigenvalue weighted by molar-refractivity contribution is -0.137. The molecule has 0 bridgehead atoms. The van der Waals surface area contributed by atoms with Gasteiger partial charge in [-0.1, -0.05) is 0 Å². The number of aliphatic hydroxyl groups is 1. The summed E-state index contributed by atoms with van der Waals surface area (Å²) < 4.78 is 37.9. The lowest BCUT2D eigenvalue weighted by atomic mass is 10.1. The van der Waals surface area contributed by atoms with Crippen LogP contribution in [-0.4, -0.2) is 36.1 Å². The van der Waals surface area contributed by atoms with Crippen LogP contribution in [0.25, 0.3) is 0 Å². The highest BCUT2D eigenvalue weighted by Gasteiger charge is 2.31. The van der Waals surface area contributed by atoms with Gasteiger partial charge in [-0.25, -0.2) is 0 Å². The van der Waals surface area contributed by atoms with Crippen molar-refractivity contribution >= 4 is 21.8 Å². The van der Waals surface area contributed by atoms with Gasteiger partial charge in [-0.15, -0.1) is 0 Å². The fraction of sp³-hybridized carbons (Fsp3) is 0.364. The molecule has 0 heterocycles. The number of hydrogen-bond acceptors (Lipinski definition) is 2. The molecule has 0 aliphatic carbocycles. The number of amides is 1. The van der Waals surface area contributed by atoms with Crippen molar-refractivity contribution in [3.05, 3.63) is 33.8 Å². The summed E-state index contributed by atoms with van der Waals surface area (Å²) >= 11 is 3.04. The van der Waals surface area contributed by atoms with Crippen LogP contribution >= 0.6 is 15.9 Å². The summed E-state index contributed by atoms with van der Waals surface area (Å²) in [6, 6.07) is 2.87. The first-order chi connectivity index (χ1) is 8.27. The van der Waals surface area contributed by atoms with E-state index in [2.05, 4.69) is 15.9 Å². The van der Waals surface area contributed by atoms with Gasteiger partial charge in [-0.05, 0) is 34.1 Å². The Hall–Kier alpha value is -1.08. The van der Waals surface area contributed by atoms with Gasteiger partial charge in [0.15, 0.2) is 0 Å². The molecule has 7 heteroatoms. The van der Waals surface area contributed by atoms with Crippen molar-refractivity contribution in [1.82, 2.24) is 4.90 Å². The Morgan fingerprint density at radius 1 is 1.44 bits per heavy atom. The van der Waals surface area contributed by atoms with Gasteiger partial charge in [-0.3, -0.25) is 4.79 Å². The van der Waals surface area contributed by atoms with Crippen molar-refractivity contribution in [2.24, 2.45) is 0 Å². The third-order valence-electron chi connectivity index (χ3n) is 2.31. The molecule has 0 saturated carbocycles. The average molecular weight is 326 g/mol. The Labute approximate surface area is 110 Å². The molecule has 1 aromatic carbocycles. The highest BCUT2D eigenvalue weighted by Crippen LogP contribution is 2.32. The standard InChI is InChI=1S/C11H11BrF3NO2/c1-16(4-5-17)10(18)8-6-7(11(13,14)15)2-3-9(8)12/h2-3,6,17H,4-5H2,1H3. The molecule has 1 rings (SSSR count). The summed E-state index contributed by atoms with van der Waals surface area (Å²) in [6.07, 6.45) is -4.49. The topological polar surface area (TPSA) is 40.5 Å². The predicted molar refractivity (Wildman–Crippen MR) is 63.2 cm³/mol. The first kappa shape index (κ1) is 15.0. The zero-order chi connectivity index (χ0) is 13.9. The maximum absolute atomic E-state index is 12.5. The van der Waals surface area contributed by atoms with E-state index < -0.39 is 17.6 Å². The Morgan fingerprint density at radius 2 is 2.06 bits per heavy atom. The second-order valence-corrected chi connectivity index (χ2v) is 4.50. The van der Waals surface area contributed by atoms with Crippen LogP contribution in [0.15, 0.2) is 22.7 Å². The van der Waals surface area contributed by atoms with Crippen molar-refractivity contribution in [3.8, 4) is 0 Å². The second-order valence-electron chi connectivity index (χ2n) is 3.64. The van der Waals surface area contributed by atoms with Gasteiger partial charge < -0.3 is 10.0 Å². The van der Waals surface area contributed by atoms with Crippen LogP contribution in [0.1, 0.15) is 15.9 Å². The first-order valence-corrected chi connectivity index (χ1v) is 5.79. The van der Waals surface area contributed by atoms with Gasteiger partial charge in [0.25, 0.3) is 5.91 Å². The van der Waals surface area contributed by atoms with Gasteiger partial charge in [0, 0.05) is 18.1 Å². The van der Waals surface area contributed by atoms with Gasteiger partial charge in [0.2, 0.25) is 0 Å². The van der Waals surface area contributed by atoms with Gasteiger partial charge >= 0.3 is 6.18 Å². The maximum Gasteiger partial charge on any atom is 0.416 e. The summed E-state index contributed by atoms with van der Waals surface area (Å²) in [5.74, 6) is -0.581. The molecular weight excluding hydrogens is 315 g/mol. The second kappa shape index (κ2) is 5.71. The predicted octanol–water partition coefficient (Wildman–Crippen LogP) is 2.53. The smallest absolute Gasteiger partial charge is 0.395 e. The average Bonchev–Trinajstić information content (AvgIpc) is 2.27. The normalized spacial score (nSPS) is 11.4. The van der Waals surface area contributed by atoms with Crippen molar-refractivity contribution in [3.63, 3.8) is 0 Å². The molecule has 0 aromatic heterocycles. The van der Waals surface area contributed by atoms with Crippen LogP contribution in [0.4, 0.5) is 13.2 Å². The van der Waals surface area contributed by atoms with Crippen LogP contribution < -0.4 is 0 Å². The molecule has 0 aliphatic rings. The molecule has 0 radical (unpaired) electrons. The summed E-state index contributed by atoms with van der Waals surface area (Å²) in [5, 5.41) is 8.70. The third kappa shape index (κ3) is 3.46. The van der Waals surface area contributed by atoms with Gasteiger partial charge in [0.05, 0.1) is 17.7 Å². The lowest BCUT2D eigenvalue weighted by Crippen LogP contribution is -2.30. The Kier molecular flexibility index (Phi) is 4.75. The molecule has 0 spiro atoms. The quantitative estimate of drug-likeness (QED) is 0.927. The van der Waals surface area contributed by atoms with E-state index in [1.165, 1.54) is 13.1 Å². The van der Waals surface area contributed by atoms with Crippen LogP contribution in [0.2, 0.25) is 0 Å². The number of halogens is 4. The minimum absolute atomic E-state index is 0.0571. The first-order valence-electron chi connectivity index (χ1n) is 5.00. The number of rotatable bonds is 3. The van der Waals surface area contributed by atoms with E-state index in [-0.39, 0.29) is 23.2 Å². The minimum Gasteiger partial charge on any atom is -0.395 e. The van der Waals surface area contributed by atoms with Gasteiger partial charge in [0.1, 0.15) is 0 Å². The van der Waals surface area contributed by atoms with E-state index in [1.54, 1.807) is 0 Å². The summed E-state index contributed by atoms with van der Waals surface area (Å²) in [4.78, 5) is 13.0. The highest BCUT2D eigenvalue weighted by molar-refractivity contribution is 9.10. The number of carbonyl (C=O) groups excluding carboxylic acids is 1. The summed E-state index contributed by atoms with van der Waals surface area (Å²) in [5.41, 5.74) is -0.966. The maximum atomic E-state index is 12.5. The van der Waals surface area contributed by atoms with Crippen LogP contribution in [0.3, 0.4) is 0 Å². The van der Waals surface area contributed by atoms with Gasteiger partial charge in [-0.2, -0.15) is 13.2 Å². The van der Waals surface area contributed by atoms with E-state index in [4.69, 9.17) is 5.11 Å². The molecule has 0 fully saturated rings. The van der Waals surface area contributed by atoms with E-state index in [9.17, 15) is 18.0 Å². The Balaban J connectivity index is 3.12. The number of aliphatic hydroxyl groups excluding tert-OH is 1. The molecular formula is C11H11BrF3NO2. The highest BCUT2D eigenvalue weighted by atomic mass is 79.9. The van der Waals surface area contributed by atoms with E-state index in [0.717, 1.165) is 17.0 Å². The SMILES string of the molecule is CN(CCO)C(=O)c1cc(C(F)(F)F)ccc1Br. The molecule has 100 valence electrons. The number of likely N-dealkylation sites (N-methyl/N-ethyl adjacent to an activating group) is 1. The fourth-order valence-corrected chi connectivity index (χ4v) is 1.74. The van der Waals surface area contributed by atoms with E-state index >= 15 is 0 Å². The Bertz CT molecular complexity index is 448. The fourth-order valence-electron chi connectivity index (χ4n) is 1.32. The molecule has 0 saturated heterocycles. The Morgan fingerprint density at radius 3 is 2.56 bits per heavy atom. The largest absolute Gasteiger partial charge is 0.416 e. The van der Waals surface area contributed by atoms with Crippen molar-refractivity contribution < 1.29 is 23.1 Å². The molecule has 1 aromatic rings. The monoisotopic (exact) mass is 325 g/mol. The molecule has 1 N–H and O–H groups in total. The number of benzene rings is 1. The van der Waals surface area contributed by atoms with E-state index in [1.807, 2.05) is 0 Å². The number of alkyl halides is 3. The number of carbonyl (C=O) groups is 1. The molecule has 0 unspecified atom stereocenters. The molecule has 0 atom stereocenters. The summed E-state index contributed by atoms with van der Waals surface area (Å²) in [7, 11) is 1.41. The van der Waals surface area contributed by atoms with Crippen LogP contribution in [0, 0.1) is 0 Å². The molecule has 3 nitrogen and oxygen atoms in total. The zero-order valence-electron chi connectivity index (χ0n) is 9.46. The number of nitrogens with zero attached hydrogens (tertiary/aromatic N) is 1. The number of hydrogen-bond donors (Lipinski definition) is 1. The van der Waals surface area contributed by atoms with Crippen molar-refractivity contribution in [2.45, 2.75) is 6.18 Å². The lowest BCUT2D eigenvalue weighted by Gasteiger charge is -2.17. The summed E-state index contributed by atoms with van der Waals surface area (Å²) in [6.45, 7) is -0.194. The van der Waals surface area contributed by atoms with Crippen molar-refractivity contribution in [1.29, 1.82) is 0 Å². The van der Waals surface area contributed by atoms with Crippen molar-refractivity contribution in [2.75, 3.05) is 20.2 Å². The molecule has 1 amide bonds. The zero-order valence-corrected chi connectivity index (χ0v) is 11.0. The van der Waals surface area contributed by atoms with E-state index in [0.29, 0.717) is 0 Å². The van der Waals surface area contributed by atoms with Crippen LogP contribution in [0.5, 0.6) is 0 Å². The molecule has 0 aliphatic heterocycles. The minimum atomic E-state index is -4.49. The van der Waals surface area contributed by atoms with Crippen LogP contribution in [-0.2, 0) is 6.18 Å².